The lowest BCUT2D eigenvalue weighted by molar-refractivity contribution is 0.563. The zero-order valence-electron chi connectivity index (χ0n) is 10.1. The Bertz CT molecular complexity index is 227. The first-order valence-corrected chi connectivity index (χ1v) is 7.67. The first-order chi connectivity index (χ1) is 7.79. The molecule has 0 N–H and O–H groups in total. The van der Waals surface area contributed by atoms with E-state index < -0.39 is 0 Å². The summed E-state index contributed by atoms with van der Waals surface area (Å²) in [4.78, 5) is 0. The van der Waals surface area contributed by atoms with Gasteiger partial charge in [0.2, 0.25) is 0 Å². The smallest absolute Gasteiger partial charge is 0.0627 e. The molecule has 1 aliphatic rings. The van der Waals surface area contributed by atoms with Crippen molar-refractivity contribution < 1.29 is 0 Å². The summed E-state index contributed by atoms with van der Waals surface area (Å²) in [6, 6.07) is 0. The minimum atomic E-state index is 0.301. The molecule has 2 atom stereocenters. The standard InChI is InChI=1S/C14H24S2/c15-13-9-5-2-1-3-6-10-14(16)12-8-4-7-11-13/h13-16H,1-7,9-11H2. The lowest BCUT2D eigenvalue weighted by atomic mass is 10.0. The lowest BCUT2D eigenvalue weighted by Crippen LogP contribution is -1.99. The summed E-state index contributed by atoms with van der Waals surface area (Å²) in [6.07, 6.45) is 12.6. The summed E-state index contributed by atoms with van der Waals surface area (Å²) >= 11 is 9.13. The van der Waals surface area contributed by atoms with Crippen LogP contribution < -0.4 is 0 Å². The Morgan fingerprint density at radius 1 is 0.750 bits per heavy atom. The van der Waals surface area contributed by atoms with E-state index >= 15 is 0 Å². The molecule has 0 saturated heterocycles. The van der Waals surface area contributed by atoms with Crippen LogP contribution in [0.15, 0.2) is 0 Å². The molecule has 0 saturated carbocycles. The van der Waals surface area contributed by atoms with E-state index in [4.69, 9.17) is 0 Å². The first kappa shape index (κ1) is 14.3. The van der Waals surface area contributed by atoms with Gasteiger partial charge < -0.3 is 0 Å². The molecule has 16 heavy (non-hydrogen) atoms. The summed E-state index contributed by atoms with van der Waals surface area (Å²) in [5.74, 6) is 6.49. The Kier molecular flexibility index (Phi) is 8.33. The first-order valence-electron chi connectivity index (χ1n) is 6.63. The van der Waals surface area contributed by atoms with E-state index in [1.165, 1.54) is 51.4 Å². The lowest BCUT2D eigenvalue weighted by Gasteiger charge is -2.10. The highest BCUT2D eigenvalue weighted by molar-refractivity contribution is 7.81. The van der Waals surface area contributed by atoms with Crippen molar-refractivity contribution in [1.29, 1.82) is 0 Å². The number of thiol groups is 2. The van der Waals surface area contributed by atoms with Crippen molar-refractivity contribution in [3.63, 3.8) is 0 Å². The Balaban J connectivity index is 2.31. The minimum absolute atomic E-state index is 0.301. The third-order valence-electron chi connectivity index (χ3n) is 3.12. The second-order valence-corrected chi connectivity index (χ2v) is 6.08. The molecule has 0 aromatic rings. The number of rotatable bonds is 0. The SMILES string of the molecule is SC1C#CCCCC(S)CCCCCCC1. The minimum Gasteiger partial charge on any atom is -0.176 e. The molecule has 0 nitrogen and oxygen atoms in total. The molecule has 92 valence electrons. The number of hydrogen-bond acceptors (Lipinski definition) is 2. The van der Waals surface area contributed by atoms with Gasteiger partial charge in [0.15, 0.2) is 0 Å². The van der Waals surface area contributed by atoms with Gasteiger partial charge in [-0.25, -0.2) is 0 Å². The Morgan fingerprint density at radius 3 is 2.19 bits per heavy atom. The van der Waals surface area contributed by atoms with Gasteiger partial charge in [0.05, 0.1) is 5.25 Å². The van der Waals surface area contributed by atoms with Crippen LogP contribution in [0, 0.1) is 11.8 Å². The predicted molar refractivity (Wildman–Crippen MR) is 79.5 cm³/mol. The normalized spacial score (nSPS) is 29.9. The van der Waals surface area contributed by atoms with Gasteiger partial charge in [0, 0.05) is 11.7 Å². The summed E-state index contributed by atoms with van der Waals surface area (Å²) in [5.41, 5.74) is 0. The van der Waals surface area contributed by atoms with Gasteiger partial charge in [0.1, 0.15) is 0 Å². The van der Waals surface area contributed by atoms with E-state index in [-0.39, 0.29) is 0 Å². The fraction of sp³-hybridized carbons (Fsp3) is 0.857. The van der Waals surface area contributed by atoms with Crippen LogP contribution in [-0.4, -0.2) is 10.5 Å². The molecule has 2 unspecified atom stereocenters. The monoisotopic (exact) mass is 256 g/mol. The molecule has 1 rings (SSSR count). The van der Waals surface area contributed by atoms with E-state index in [9.17, 15) is 0 Å². The fourth-order valence-corrected chi connectivity index (χ4v) is 2.72. The Hall–Kier alpha value is 0.260. The molecule has 1 aliphatic carbocycles. The van der Waals surface area contributed by atoms with Gasteiger partial charge in [-0.2, -0.15) is 25.3 Å². The molecule has 0 aromatic heterocycles. The summed E-state index contributed by atoms with van der Waals surface area (Å²) < 4.78 is 0. The van der Waals surface area contributed by atoms with Crippen molar-refractivity contribution in [2.24, 2.45) is 0 Å². The van der Waals surface area contributed by atoms with Gasteiger partial charge in [-0.3, -0.25) is 0 Å². The van der Waals surface area contributed by atoms with E-state index in [2.05, 4.69) is 37.1 Å². The van der Waals surface area contributed by atoms with Crippen LogP contribution in [0.1, 0.15) is 64.2 Å². The van der Waals surface area contributed by atoms with Gasteiger partial charge in [-0.1, -0.05) is 38.0 Å². The largest absolute Gasteiger partial charge is 0.176 e. The van der Waals surface area contributed by atoms with E-state index in [0.717, 1.165) is 12.8 Å². The van der Waals surface area contributed by atoms with Crippen molar-refractivity contribution in [3.05, 3.63) is 0 Å². The highest BCUT2D eigenvalue weighted by Crippen LogP contribution is 2.17. The highest BCUT2D eigenvalue weighted by atomic mass is 32.1. The van der Waals surface area contributed by atoms with Crippen molar-refractivity contribution in [2.75, 3.05) is 0 Å². The molecule has 0 bridgehead atoms. The molecule has 0 fully saturated rings. The molecular weight excluding hydrogens is 232 g/mol. The molecule has 0 aliphatic heterocycles. The van der Waals surface area contributed by atoms with Crippen LogP contribution >= 0.6 is 25.3 Å². The van der Waals surface area contributed by atoms with E-state index in [1.807, 2.05) is 0 Å². The van der Waals surface area contributed by atoms with Crippen LogP contribution in [0.25, 0.3) is 0 Å². The highest BCUT2D eigenvalue weighted by Gasteiger charge is 2.03. The average molecular weight is 256 g/mol. The zero-order chi connectivity index (χ0) is 11.6. The summed E-state index contributed by atoms with van der Waals surface area (Å²) in [5, 5.41) is 0.895. The Morgan fingerprint density at radius 2 is 1.38 bits per heavy atom. The third-order valence-corrected chi connectivity index (χ3v) is 4.03. The van der Waals surface area contributed by atoms with Crippen molar-refractivity contribution >= 4 is 25.3 Å². The molecular formula is C14H24S2. The second kappa shape index (κ2) is 9.31. The molecule has 0 amide bonds. The van der Waals surface area contributed by atoms with Gasteiger partial charge in [-0.05, 0) is 25.7 Å². The molecule has 2 heteroatoms. The zero-order valence-corrected chi connectivity index (χ0v) is 11.9. The molecule has 0 aromatic carbocycles. The maximum Gasteiger partial charge on any atom is 0.0627 e. The van der Waals surface area contributed by atoms with Gasteiger partial charge in [0.25, 0.3) is 0 Å². The predicted octanol–water partition coefficient (Wildman–Crippen LogP) is 4.50. The summed E-state index contributed by atoms with van der Waals surface area (Å²) in [7, 11) is 0. The maximum absolute atomic E-state index is 4.63. The van der Waals surface area contributed by atoms with Crippen LogP contribution in [0.2, 0.25) is 0 Å². The van der Waals surface area contributed by atoms with Crippen molar-refractivity contribution in [1.82, 2.24) is 0 Å². The van der Waals surface area contributed by atoms with Crippen LogP contribution in [0.4, 0.5) is 0 Å². The quantitative estimate of drug-likeness (QED) is 0.463. The maximum atomic E-state index is 4.63. The Labute approximate surface area is 112 Å². The van der Waals surface area contributed by atoms with Crippen LogP contribution in [0.3, 0.4) is 0 Å². The average Bonchev–Trinajstić information content (AvgIpc) is 2.26. The second-order valence-electron chi connectivity index (χ2n) is 4.73. The molecule has 0 spiro atoms. The third kappa shape index (κ3) is 7.52. The number of hydrogen-bond donors (Lipinski definition) is 2. The molecule has 0 heterocycles. The molecule has 0 radical (unpaired) electrons. The topological polar surface area (TPSA) is 0 Å². The van der Waals surface area contributed by atoms with E-state index in [1.54, 1.807) is 0 Å². The van der Waals surface area contributed by atoms with Crippen molar-refractivity contribution in [3.8, 4) is 11.8 Å². The summed E-state index contributed by atoms with van der Waals surface area (Å²) in [6.45, 7) is 0. The van der Waals surface area contributed by atoms with E-state index in [0.29, 0.717) is 10.5 Å². The van der Waals surface area contributed by atoms with Gasteiger partial charge in [-0.15, -0.1) is 5.92 Å². The fourth-order valence-electron chi connectivity index (χ4n) is 2.08. The van der Waals surface area contributed by atoms with Crippen LogP contribution in [-0.2, 0) is 0 Å². The van der Waals surface area contributed by atoms with Gasteiger partial charge >= 0.3 is 0 Å². The van der Waals surface area contributed by atoms with Crippen LogP contribution in [0.5, 0.6) is 0 Å². The van der Waals surface area contributed by atoms with Crippen molar-refractivity contribution in [2.45, 2.75) is 74.7 Å².